The van der Waals surface area contributed by atoms with Crippen LogP contribution in [0.2, 0.25) is 0 Å². The molecule has 0 amide bonds. The Morgan fingerprint density at radius 2 is 1.64 bits per heavy atom. The first-order valence-electron chi connectivity index (χ1n) is 7.92. The number of alkyl halides is 3. The second-order valence-corrected chi connectivity index (χ2v) is 8.14. The number of thiophene rings is 1. The van der Waals surface area contributed by atoms with Crippen LogP contribution in [0.3, 0.4) is 0 Å². The van der Waals surface area contributed by atoms with Crippen LogP contribution in [-0.4, -0.2) is 11.3 Å². The van der Waals surface area contributed by atoms with Crippen molar-refractivity contribution in [3.63, 3.8) is 0 Å². The van der Waals surface area contributed by atoms with E-state index in [1.807, 2.05) is 0 Å². The van der Waals surface area contributed by atoms with E-state index in [0.29, 0.717) is 11.8 Å². The molecule has 4 saturated carbocycles. The van der Waals surface area contributed by atoms with Crippen molar-refractivity contribution in [1.29, 1.82) is 0 Å². The molecule has 1 atom stereocenters. The Hall–Kier alpha value is -0.810. The molecule has 0 aliphatic heterocycles. The van der Waals surface area contributed by atoms with Gasteiger partial charge in [0.15, 0.2) is 0 Å². The van der Waals surface area contributed by atoms with Crippen LogP contribution in [-0.2, 0) is 5.60 Å². The standard InChI is InChI=1S/C17H19F3OS/c18-17(19,20)16(21,15-2-1-3-22-15)9-14-12-5-10-4-11(7-12)8-13(14)6-10/h1-3,9-13,21H,4-8H2/t10?,11?,12?,13?,16-/m1/s1. The Balaban J connectivity index is 1.76. The van der Waals surface area contributed by atoms with Crippen molar-refractivity contribution in [2.75, 3.05) is 0 Å². The van der Waals surface area contributed by atoms with E-state index in [4.69, 9.17) is 0 Å². The van der Waals surface area contributed by atoms with E-state index in [1.165, 1.54) is 18.6 Å². The van der Waals surface area contributed by atoms with Gasteiger partial charge < -0.3 is 5.11 Å². The summed E-state index contributed by atoms with van der Waals surface area (Å²) in [6.07, 6.45) is 1.79. The molecule has 5 rings (SSSR count). The first-order valence-corrected chi connectivity index (χ1v) is 8.80. The molecule has 120 valence electrons. The van der Waals surface area contributed by atoms with Crippen molar-refractivity contribution >= 4 is 11.3 Å². The fraction of sp³-hybridized carbons (Fsp3) is 0.647. The molecule has 0 aromatic carbocycles. The summed E-state index contributed by atoms with van der Waals surface area (Å²) in [6, 6.07) is 2.94. The van der Waals surface area contributed by atoms with Crippen LogP contribution in [0.25, 0.3) is 0 Å². The Labute approximate surface area is 131 Å². The molecule has 1 N–H and O–H groups in total. The van der Waals surface area contributed by atoms with Gasteiger partial charge in [-0.25, -0.2) is 0 Å². The SMILES string of the molecule is O[C@](C=C1C2CC3CC(C2)CC1C3)(c1cccs1)C(F)(F)F. The lowest BCUT2D eigenvalue weighted by atomic mass is 9.54. The summed E-state index contributed by atoms with van der Waals surface area (Å²) in [6.45, 7) is 0. The van der Waals surface area contributed by atoms with Gasteiger partial charge in [0.25, 0.3) is 0 Å². The lowest BCUT2D eigenvalue weighted by molar-refractivity contribution is -0.244. The van der Waals surface area contributed by atoms with Crippen LogP contribution in [0.15, 0.2) is 29.2 Å². The van der Waals surface area contributed by atoms with E-state index in [1.54, 1.807) is 11.4 Å². The highest BCUT2D eigenvalue weighted by atomic mass is 32.1. The third-order valence-corrected chi connectivity index (χ3v) is 6.78. The lowest BCUT2D eigenvalue weighted by Crippen LogP contribution is -2.44. The zero-order valence-corrected chi connectivity index (χ0v) is 13.0. The van der Waals surface area contributed by atoms with Crippen molar-refractivity contribution < 1.29 is 18.3 Å². The van der Waals surface area contributed by atoms with Gasteiger partial charge in [-0.15, -0.1) is 11.3 Å². The second kappa shape index (κ2) is 4.84. The Morgan fingerprint density at radius 1 is 1.05 bits per heavy atom. The summed E-state index contributed by atoms with van der Waals surface area (Å²) < 4.78 is 40.8. The summed E-state index contributed by atoms with van der Waals surface area (Å²) in [4.78, 5) is -0.0266. The fourth-order valence-electron chi connectivity index (χ4n) is 4.99. The molecular formula is C17H19F3OS. The molecular weight excluding hydrogens is 309 g/mol. The highest BCUT2D eigenvalue weighted by Gasteiger charge is 2.56. The summed E-state index contributed by atoms with van der Waals surface area (Å²) in [5.41, 5.74) is -1.95. The highest BCUT2D eigenvalue weighted by molar-refractivity contribution is 7.10. The minimum atomic E-state index is -4.68. The molecule has 4 fully saturated rings. The monoisotopic (exact) mass is 328 g/mol. The van der Waals surface area contributed by atoms with Gasteiger partial charge in [-0.2, -0.15) is 13.2 Å². The van der Waals surface area contributed by atoms with Gasteiger partial charge in [-0.3, -0.25) is 0 Å². The lowest BCUT2D eigenvalue weighted by Gasteiger charge is -2.52. The van der Waals surface area contributed by atoms with Gasteiger partial charge in [0.1, 0.15) is 0 Å². The first-order chi connectivity index (χ1) is 10.4. The topological polar surface area (TPSA) is 20.2 Å². The quantitative estimate of drug-likeness (QED) is 0.767. The van der Waals surface area contributed by atoms with E-state index in [-0.39, 0.29) is 16.7 Å². The fourth-order valence-corrected chi connectivity index (χ4v) is 5.81. The van der Waals surface area contributed by atoms with Crippen LogP contribution in [0.4, 0.5) is 13.2 Å². The minimum Gasteiger partial charge on any atom is -0.372 e. The van der Waals surface area contributed by atoms with Gasteiger partial charge in [0, 0.05) is 4.88 Å². The van der Waals surface area contributed by atoms with E-state index < -0.39 is 11.8 Å². The number of aliphatic hydroxyl groups is 1. The third kappa shape index (κ3) is 2.16. The molecule has 5 heteroatoms. The number of allylic oxidation sites excluding steroid dienone is 1. The van der Waals surface area contributed by atoms with Gasteiger partial charge in [0.05, 0.1) is 0 Å². The molecule has 1 aromatic rings. The molecule has 0 radical (unpaired) electrons. The van der Waals surface area contributed by atoms with Crippen LogP contribution < -0.4 is 0 Å². The number of hydrogen-bond donors (Lipinski definition) is 1. The number of halogens is 3. The Kier molecular flexibility index (Phi) is 3.25. The molecule has 0 unspecified atom stereocenters. The zero-order chi connectivity index (χ0) is 15.5. The highest BCUT2D eigenvalue weighted by Crippen LogP contribution is 2.57. The predicted molar refractivity (Wildman–Crippen MR) is 79.4 cm³/mol. The average Bonchev–Trinajstić information content (AvgIpc) is 2.95. The predicted octanol–water partition coefficient (Wildman–Crippen LogP) is 4.88. The molecule has 22 heavy (non-hydrogen) atoms. The van der Waals surface area contributed by atoms with Crippen LogP contribution in [0, 0.1) is 23.7 Å². The maximum Gasteiger partial charge on any atom is 0.425 e. The van der Waals surface area contributed by atoms with E-state index in [0.717, 1.165) is 42.6 Å². The third-order valence-electron chi connectivity index (χ3n) is 5.79. The van der Waals surface area contributed by atoms with Crippen molar-refractivity contribution in [2.45, 2.75) is 43.9 Å². The van der Waals surface area contributed by atoms with Crippen LogP contribution in [0.1, 0.15) is 37.0 Å². The summed E-state index contributed by atoms with van der Waals surface area (Å²) in [5, 5.41) is 12.1. The van der Waals surface area contributed by atoms with E-state index in [9.17, 15) is 18.3 Å². The van der Waals surface area contributed by atoms with Crippen molar-refractivity contribution in [3.05, 3.63) is 34.0 Å². The van der Waals surface area contributed by atoms with Crippen LogP contribution in [0.5, 0.6) is 0 Å². The van der Waals surface area contributed by atoms with E-state index >= 15 is 0 Å². The van der Waals surface area contributed by atoms with Crippen molar-refractivity contribution in [1.82, 2.24) is 0 Å². The Bertz CT molecular complexity index is 560. The summed E-state index contributed by atoms with van der Waals surface area (Å²) >= 11 is 0.968. The molecule has 4 bridgehead atoms. The van der Waals surface area contributed by atoms with Gasteiger partial charge in [-0.05, 0) is 73.3 Å². The van der Waals surface area contributed by atoms with E-state index in [2.05, 4.69) is 0 Å². The zero-order valence-electron chi connectivity index (χ0n) is 12.1. The smallest absolute Gasteiger partial charge is 0.372 e. The summed E-state index contributed by atoms with van der Waals surface area (Å²) in [7, 11) is 0. The van der Waals surface area contributed by atoms with Gasteiger partial charge in [-0.1, -0.05) is 11.6 Å². The molecule has 4 aliphatic carbocycles. The number of rotatable bonds is 2. The van der Waals surface area contributed by atoms with Crippen molar-refractivity contribution in [3.8, 4) is 0 Å². The maximum atomic E-state index is 13.6. The molecule has 1 nitrogen and oxygen atoms in total. The van der Waals surface area contributed by atoms with Gasteiger partial charge in [0.2, 0.25) is 5.60 Å². The van der Waals surface area contributed by atoms with Crippen molar-refractivity contribution in [2.24, 2.45) is 23.7 Å². The molecule has 1 heterocycles. The molecule has 0 saturated heterocycles. The minimum absolute atomic E-state index is 0.0266. The second-order valence-electron chi connectivity index (χ2n) is 7.19. The normalized spacial score (nSPS) is 36.5. The average molecular weight is 328 g/mol. The maximum absolute atomic E-state index is 13.6. The summed E-state index contributed by atoms with van der Waals surface area (Å²) in [5.74, 6) is 1.90. The molecule has 0 spiro atoms. The number of hydrogen-bond acceptors (Lipinski definition) is 2. The first kappa shape index (κ1) is 14.8. The Morgan fingerprint density at radius 3 is 2.09 bits per heavy atom. The van der Waals surface area contributed by atoms with Gasteiger partial charge >= 0.3 is 6.18 Å². The largest absolute Gasteiger partial charge is 0.425 e. The van der Waals surface area contributed by atoms with Crippen LogP contribution >= 0.6 is 11.3 Å². The molecule has 1 aromatic heterocycles. The molecule has 4 aliphatic rings.